The molecule has 0 radical (unpaired) electrons. The smallest absolute Gasteiger partial charge is 0.219 e. The van der Waals surface area contributed by atoms with Gasteiger partial charge in [0.2, 0.25) is 5.91 Å². The van der Waals surface area contributed by atoms with E-state index in [4.69, 9.17) is 0 Å². The summed E-state index contributed by atoms with van der Waals surface area (Å²) in [5.74, 6) is 0.213. The van der Waals surface area contributed by atoms with Gasteiger partial charge in [-0.15, -0.1) is 0 Å². The van der Waals surface area contributed by atoms with Gasteiger partial charge in [-0.2, -0.15) is 0 Å². The third-order valence-corrected chi connectivity index (χ3v) is 6.13. The molecule has 0 aliphatic carbocycles. The Bertz CT molecular complexity index is 1000. The van der Waals surface area contributed by atoms with E-state index in [2.05, 4.69) is 9.88 Å². The number of ketones is 1. The van der Waals surface area contributed by atoms with Crippen molar-refractivity contribution < 1.29 is 9.59 Å². The molecule has 0 saturated carbocycles. The fourth-order valence-corrected chi connectivity index (χ4v) is 4.37. The first-order chi connectivity index (χ1) is 14.1. The number of benzene rings is 2. The largest absolute Gasteiger partial charge is 0.360 e. The Morgan fingerprint density at radius 3 is 2.38 bits per heavy atom. The van der Waals surface area contributed by atoms with Crippen molar-refractivity contribution in [3.8, 4) is 0 Å². The molecule has 3 aromatic rings. The number of aromatic amines is 1. The van der Waals surface area contributed by atoms with E-state index in [9.17, 15) is 9.59 Å². The second-order valence-electron chi connectivity index (χ2n) is 7.82. The van der Waals surface area contributed by atoms with Crippen molar-refractivity contribution in [1.29, 1.82) is 0 Å². The van der Waals surface area contributed by atoms with Crippen LogP contribution in [0.1, 0.15) is 41.7 Å². The minimum atomic E-state index is -0.320. The lowest BCUT2D eigenvalue weighted by molar-refractivity contribution is -0.130. The fourth-order valence-electron chi connectivity index (χ4n) is 4.37. The molecular formula is C24H27N3O2. The van der Waals surface area contributed by atoms with Crippen LogP contribution in [0.25, 0.3) is 10.9 Å². The fraction of sp³-hybridized carbons (Fsp3) is 0.333. The lowest BCUT2D eigenvalue weighted by atomic mass is 9.92. The number of likely N-dealkylation sites (tertiary alicyclic amines) is 1. The SMILES string of the molecule is CC(=O)N(C)C1CCN(C(C(=O)c2c[nH]c3ccccc23)c2ccccc2)CC1. The molecule has 4 rings (SSSR count). The quantitative estimate of drug-likeness (QED) is 0.670. The molecule has 5 heteroatoms. The molecule has 1 aromatic heterocycles. The molecule has 0 spiro atoms. The number of H-pyrrole nitrogens is 1. The van der Waals surface area contributed by atoms with Gasteiger partial charge in [0, 0.05) is 55.8 Å². The summed E-state index contributed by atoms with van der Waals surface area (Å²) in [6.07, 6.45) is 3.58. The molecule has 1 fully saturated rings. The Hall–Kier alpha value is -2.92. The first-order valence-corrected chi connectivity index (χ1v) is 10.2. The Morgan fingerprint density at radius 1 is 1.03 bits per heavy atom. The van der Waals surface area contributed by atoms with Crippen LogP contribution in [-0.4, -0.2) is 52.7 Å². The number of carbonyl (C=O) groups is 2. The molecule has 1 aliphatic heterocycles. The van der Waals surface area contributed by atoms with Crippen molar-refractivity contribution in [1.82, 2.24) is 14.8 Å². The Balaban J connectivity index is 1.63. The highest BCUT2D eigenvalue weighted by molar-refractivity contribution is 6.10. The average molecular weight is 389 g/mol. The molecular weight excluding hydrogens is 362 g/mol. The van der Waals surface area contributed by atoms with Crippen LogP contribution in [0.2, 0.25) is 0 Å². The summed E-state index contributed by atoms with van der Waals surface area (Å²) in [6.45, 7) is 3.19. The lowest BCUT2D eigenvalue weighted by Crippen LogP contribution is -2.47. The number of rotatable bonds is 5. The zero-order chi connectivity index (χ0) is 20.4. The molecule has 1 saturated heterocycles. The number of para-hydroxylation sites is 1. The number of aromatic nitrogens is 1. The van der Waals surface area contributed by atoms with Gasteiger partial charge in [0.15, 0.2) is 5.78 Å². The normalized spacial score (nSPS) is 16.6. The third-order valence-electron chi connectivity index (χ3n) is 6.13. The Kier molecular flexibility index (Phi) is 5.49. The molecule has 1 aliphatic rings. The topological polar surface area (TPSA) is 56.4 Å². The molecule has 1 amide bonds. The number of fused-ring (bicyclic) bond motifs is 1. The van der Waals surface area contributed by atoms with Crippen molar-refractivity contribution in [2.75, 3.05) is 20.1 Å². The van der Waals surface area contributed by atoms with Crippen LogP contribution < -0.4 is 0 Å². The number of amides is 1. The van der Waals surface area contributed by atoms with Crippen LogP contribution in [0.15, 0.2) is 60.8 Å². The van der Waals surface area contributed by atoms with Crippen molar-refractivity contribution >= 4 is 22.6 Å². The van der Waals surface area contributed by atoms with Gasteiger partial charge in [-0.3, -0.25) is 14.5 Å². The van der Waals surface area contributed by atoms with E-state index in [0.717, 1.165) is 48.0 Å². The van der Waals surface area contributed by atoms with Crippen LogP contribution in [0.4, 0.5) is 0 Å². The minimum Gasteiger partial charge on any atom is -0.360 e. The second-order valence-corrected chi connectivity index (χ2v) is 7.82. The summed E-state index contributed by atoms with van der Waals surface area (Å²) in [5.41, 5.74) is 2.73. The number of piperidine rings is 1. The van der Waals surface area contributed by atoms with Crippen LogP contribution in [0.5, 0.6) is 0 Å². The summed E-state index contributed by atoms with van der Waals surface area (Å²) in [4.78, 5) is 32.8. The average Bonchev–Trinajstić information content (AvgIpc) is 3.19. The maximum Gasteiger partial charge on any atom is 0.219 e. The summed E-state index contributed by atoms with van der Waals surface area (Å²) >= 11 is 0. The molecule has 2 aromatic carbocycles. The third kappa shape index (κ3) is 3.83. The first kappa shape index (κ1) is 19.4. The zero-order valence-corrected chi connectivity index (χ0v) is 17.0. The van der Waals surface area contributed by atoms with Gasteiger partial charge in [-0.1, -0.05) is 48.5 Å². The van der Waals surface area contributed by atoms with Gasteiger partial charge in [0.05, 0.1) is 6.04 Å². The summed E-state index contributed by atoms with van der Waals surface area (Å²) in [6, 6.07) is 17.9. The van der Waals surface area contributed by atoms with Crippen molar-refractivity contribution in [3.63, 3.8) is 0 Å². The molecule has 29 heavy (non-hydrogen) atoms. The van der Waals surface area contributed by atoms with E-state index in [0.29, 0.717) is 0 Å². The van der Waals surface area contributed by atoms with E-state index >= 15 is 0 Å². The molecule has 1 N–H and O–H groups in total. The predicted molar refractivity (Wildman–Crippen MR) is 115 cm³/mol. The number of nitrogens with zero attached hydrogens (tertiary/aromatic N) is 2. The van der Waals surface area contributed by atoms with Gasteiger partial charge in [-0.25, -0.2) is 0 Å². The monoisotopic (exact) mass is 389 g/mol. The highest BCUT2D eigenvalue weighted by Gasteiger charge is 2.33. The van der Waals surface area contributed by atoms with Crippen LogP contribution in [0, 0.1) is 0 Å². The number of hydrogen-bond acceptors (Lipinski definition) is 3. The van der Waals surface area contributed by atoms with Crippen molar-refractivity contribution in [2.24, 2.45) is 0 Å². The van der Waals surface area contributed by atoms with Gasteiger partial charge < -0.3 is 9.88 Å². The lowest BCUT2D eigenvalue weighted by Gasteiger charge is -2.39. The van der Waals surface area contributed by atoms with Gasteiger partial charge in [0.25, 0.3) is 0 Å². The van der Waals surface area contributed by atoms with Crippen LogP contribution in [0.3, 0.4) is 0 Å². The van der Waals surface area contributed by atoms with Gasteiger partial charge in [0.1, 0.15) is 0 Å². The Labute approximate surface area is 171 Å². The summed E-state index contributed by atoms with van der Waals surface area (Å²) in [5, 5.41) is 0.963. The van der Waals surface area contributed by atoms with E-state index in [-0.39, 0.29) is 23.8 Å². The number of nitrogens with one attached hydrogen (secondary N) is 1. The molecule has 1 atom stereocenters. The molecule has 2 heterocycles. The number of Topliss-reactive ketones (excluding diaryl/α,β-unsaturated/α-hetero) is 1. The highest BCUT2D eigenvalue weighted by atomic mass is 16.2. The van der Waals surface area contributed by atoms with Gasteiger partial charge in [-0.05, 0) is 24.5 Å². The van der Waals surface area contributed by atoms with E-state index in [1.807, 2.05) is 72.7 Å². The van der Waals surface area contributed by atoms with E-state index in [1.54, 1.807) is 6.92 Å². The van der Waals surface area contributed by atoms with Crippen LogP contribution >= 0.6 is 0 Å². The Morgan fingerprint density at radius 2 is 1.69 bits per heavy atom. The summed E-state index contributed by atoms with van der Waals surface area (Å²) < 4.78 is 0. The second kappa shape index (κ2) is 8.21. The van der Waals surface area contributed by atoms with E-state index < -0.39 is 0 Å². The standard InChI is InChI=1S/C24H27N3O2/c1-17(28)26(2)19-12-14-27(15-13-19)23(18-8-4-3-5-9-18)24(29)21-16-25-22-11-7-6-10-20(21)22/h3-11,16,19,23,25H,12-15H2,1-2H3. The van der Waals surface area contributed by atoms with Gasteiger partial charge >= 0.3 is 0 Å². The molecule has 1 unspecified atom stereocenters. The summed E-state index contributed by atoms with van der Waals surface area (Å²) in [7, 11) is 1.87. The maximum absolute atomic E-state index is 13.7. The predicted octanol–water partition coefficient (Wildman–Crippen LogP) is 4.03. The van der Waals surface area contributed by atoms with Crippen LogP contribution in [-0.2, 0) is 4.79 Å². The molecule has 0 bridgehead atoms. The molecule has 150 valence electrons. The molecule has 5 nitrogen and oxygen atoms in total. The maximum atomic E-state index is 13.7. The van der Waals surface area contributed by atoms with Crippen molar-refractivity contribution in [2.45, 2.75) is 31.8 Å². The number of hydrogen-bond donors (Lipinski definition) is 1. The number of carbonyl (C=O) groups excluding carboxylic acids is 2. The first-order valence-electron chi connectivity index (χ1n) is 10.2. The zero-order valence-electron chi connectivity index (χ0n) is 17.0. The van der Waals surface area contributed by atoms with Crippen molar-refractivity contribution in [3.05, 3.63) is 71.9 Å². The highest BCUT2D eigenvalue weighted by Crippen LogP contribution is 2.31. The minimum absolute atomic E-state index is 0.0953. The van der Waals surface area contributed by atoms with E-state index in [1.165, 1.54) is 0 Å².